The third-order valence-corrected chi connectivity index (χ3v) is 7.92. The zero-order chi connectivity index (χ0) is 20.8. The molecule has 4 rings (SSSR count). The molecular formula is C19H28O5S. The minimum absolute atomic E-state index is 0.0394. The van der Waals surface area contributed by atoms with Crippen molar-refractivity contribution in [3.05, 3.63) is 11.6 Å². The van der Waals surface area contributed by atoms with E-state index < -0.39 is 28.3 Å². The van der Waals surface area contributed by atoms with E-state index in [0.29, 0.717) is 12.8 Å². The van der Waals surface area contributed by atoms with Crippen LogP contribution in [0.3, 0.4) is 0 Å². The first kappa shape index (κ1) is 14.4. The van der Waals surface area contributed by atoms with E-state index in [1.54, 1.807) is 13.0 Å². The van der Waals surface area contributed by atoms with Crippen molar-refractivity contribution in [3.63, 3.8) is 0 Å². The van der Waals surface area contributed by atoms with Crippen molar-refractivity contribution in [1.29, 1.82) is 0 Å². The van der Waals surface area contributed by atoms with Crippen molar-refractivity contribution in [2.45, 2.75) is 71.2 Å². The SMILES string of the molecule is [2H]C1([2H])C[C@H]2[C@@H]3CCC4=CC(=O)CC[C@]4(C)[C@H]3CC[C@]2(C)[C@@]1([2H])OS(=O)(=O)O. The maximum absolute atomic E-state index is 11.9. The number of rotatable bonds is 2. The number of hydrogen-bond acceptors (Lipinski definition) is 4. The highest BCUT2D eigenvalue weighted by Gasteiger charge is 2.59. The summed E-state index contributed by atoms with van der Waals surface area (Å²) in [6, 6.07) is 0. The Bertz CT molecular complexity index is 856. The van der Waals surface area contributed by atoms with Gasteiger partial charge in [-0.25, -0.2) is 4.18 Å². The molecule has 0 bridgehead atoms. The first-order valence-corrected chi connectivity index (χ1v) is 10.5. The first-order valence-electron chi connectivity index (χ1n) is 10.7. The van der Waals surface area contributed by atoms with Crippen LogP contribution in [0.25, 0.3) is 0 Å². The Morgan fingerprint density at radius 3 is 2.72 bits per heavy atom. The van der Waals surface area contributed by atoms with Crippen LogP contribution in [-0.2, 0) is 19.4 Å². The average molecular weight is 372 g/mol. The molecule has 0 amide bonds. The minimum atomic E-state index is -4.97. The summed E-state index contributed by atoms with van der Waals surface area (Å²) in [5.41, 5.74) is 0.0818. The van der Waals surface area contributed by atoms with Crippen LogP contribution in [0.2, 0.25) is 0 Å². The van der Waals surface area contributed by atoms with E-state index >= 15 is 0 Å². The van der Waals surface area contributed by atoms with Crippen molar-refractivity contribution in [2.24, 2.45) is 28.6 Å². The van der Waals surface area contributed by atoms with E-state index in [9.17, 15) is 17.8 Å². The second-order valence-electron chi connectivity index (χ2n) is 8.65. The Morgan fingerprint density at radius 2 is 2.00 bits per heavy atom. The molecule has 4 aliphatic carbocycles. The quantitative estimate of drug-likeness (QED) is 0.749. The molecule has 3 saturated carbocycles. The molecule has 0 aliphatic heterocycles. The minimum Gasteiger partial charge on any atom is -0.295 e. The van der Waals surface area contributed by atoms with E-state index in [4.69, 9.17) is 8.30 Å². The van der Waals surface area contributed by atoms with Gasteiger partial charge in [0.2, 0.25) is 0 Å². The first-order chi connectivity index (χ1) is 12.7. The molecule has 0 heterocycles. The van der Waals surface area contributed by atoms with Crippen LogP contribution in [0.5, 0.6) is 0 Å². The lowest BCUT2D eigenvalue weighted by Gasteiger charge is -2.57. The van der Waals surface area contributed by atoms with Gasteiger partial charge in [-0.05, 0) is 79.6 Å². The maximum Gasteiger partial charge on any atom is 0.397 e. The van der Waals surface area contributed by atoms with Gasteiger partial charge in [0.15, 0.2) is 5.78 Å². The van der Waals surface area contributed by atoms with Crippen LogP contribution in [0, 0.1) is 28.6 Å². The molecule has 1 N–H and O–H groups in total. The number of hydrogen-bond donors (Lipinski definition) is 1. The highest BCUT2D eigenvalue weighted by atomic mass is 32.3. The molecule has 0 unspecified atom stereocenters. The molecule has 25 heavy (non-hydrogen) atoms. The second kappa shape index (κ2) is 5.64. The highest BCUT2D eigenvalue weighted by molar-refractivity contribution is 7.80. The molecule has 0 radical (unpaired) electrons. The third kappa shape index (κ3) is 2.72. The zero-order valence-corrected chi connectivity index (χ0v) is 15.6. The molecule has 0 aromatic carbocycles. The van der Waals surface area contributed by atoms with E-state index in [1.807, 2.05) is 0 Å². The molecular weight excluding hydrogens is 340 g/mol. The van der Waals surface area contributed by atoms with Gasteiger partial charge in [-0.1, -0.05) is 19.4 Å². The van der Waals surface area contributed by atoms with Crippen LogP contribution >= 0.6 is 0 Å². The molecule has 0 saturated heterocycles. The Balaban J connectivity index is 1.74. The third-order valence-electron chi connectivity index (χ3n) is 7.54. The summed E-state index contributed by atoms with van der Waals surface area (Å²) in [5, 5.41) is 0. The average Bonchev–Trinajstić information content (AvgIpc) is 2.70. The summed E-state index contributed by atoms with van der Waals surface area (Å²) in [6.07, 6.45) is 1.37. The number of allylic oxidation sites excluding steroid dienone is 1. The molecule has 0 aromatic heterocycles. The summed E-state index contributed by atoms with van der Waals surface area (Å²) in [4.78, 5) is 11.9. The molecule has 6 atom stereocenters. The van der Waals surface area contributed by atoms with E-state index in [2.05, 4.69) is 6.92 Å². The summed E-state index contributed by atoms with van der Waals surface area (Å²) in [6.45, 7) is 3.95. The van der Waals surface area contributed by atoms with Gasteiger partial charge in [0, 0.05) is 9.16 Å². The standard InChI is InChI=1S/C19H28O5S/c1-18-9-7-13(20)11-12(18)3-4-14-15-5-6-17(24-25(21,22)23)19(15,2)10-8-16(14)18/h11,14-17H,3-10H2,1-2H3,(H,21,22,23)/t14-,15-,16-,17-,18-,19-/m0/s1/i6D2,17D. The van der Waals surface area contributed by atoms with Crippen LogP contribution < -0.4 is 0 Å². The molecule has 0 spiro atoms. The van der Waals surface area contributed by atoms with Crippen molar-refractivity contribution in [1.82, 2.24) is 0 Å². The van der Waals surface area contributed by atoms with Crippen LogP contribution in [0.15, 0.2) is 11.6 Å². The number of ketones is 1. The predicted molar refractivity (Wildman–Crippen MR) is 93.1 cm³/mol. The lowest BCUT2D eigenvalue weighted by molar-refractivity contribution is -0.117. The van der Waals surface area contributed by atoms with E-state index in [1.165, 1.54) is 5.57 Å². The fourth-order valence-corrected chi connectivity index (χ4v) is 6.63. The zero-order valence-electron chi connectivity index (χ0n) is 17.7. The second-order valence-corrected chi connectivity index (χ2v) is 9.67. The van der Waals surface area contributed by atoms with Gasteiger partial charge in [0.1, 0.15) is 0 Å². The lowest BCUT2D eigenvalue weighted by atomic mass is 9.47. The fourth-order valence-electron chi connectivity index (χ4n) is 6.17. The van der Waals surface area contributed by atoms with E-state index in [0.717, 1.165) is 25.7 Å². The molecule has 0 aromatic rings. The van der Waals surface area contributed by atoms with Gasteiger partial charge < -0.3 is 0 Å². The molecule has 6 heteroatoms. The number of fused-ring (bicyclic) bond motifs is 5. The Hall–Kier alpha value is -0.720. The van der Waals surface area contributed by atoms with Gasteiger partial charge in [-0.2, -0.15) is 8.42 Å². The summed E-state index contributed by atoms with van der Waals surface area (Å²) >= 11 is 0. The lowest BCUT2D eigenvalue weighted by Crippen LogP contribution is -2.51. The normalized spacial score (nSPS) is 53.6. The van der Waals surface area contributed by atoms with Crippen LogP contribution in [-0.4, -0.2) is 24.8 Å². The topological polar surface area (TPSA) is 80.7 Å². The summed E-state index contributed by atoms with van der Waals surface area (Å²) in [5.74, 6) is 0.385. The van der Waals surface area contributed by atoms with Gasteiger partial charge >= 0.3 is 10.4 Å². The van der Waals surface area contributed by atoms with E-state index in [-0.39, 0.29) is 35.4 Å². The highest BCUT2D eigenvalue weighted by Crippen LogP contribution is 2.65. The molecule has 140 valence electrons. The predicted octanol–water partition coefficient (Wildman–Crippen LogP) is 3.71. The van der Waals surface area contributed by atoms with Crippen molar-refractivity contribution in [2.75, 3.05) is 0 Å². The summed E-state index contributed by atoms with van der Waals surface area (Å²) < 4.78 is 62.5. The molecule has 5 nitrogen and oxygen atoms in total. The van der Waals surface area contributed by atoms with Gasteiger partial charge in [-0.15, -0.1) is 0 Å². The van der Waals surface area contributed by atoms with Gasteiger partial charge in [0.25, 0.3) is 0 Å². The smallest absolute Gasteiger partial charge is 0.295 e. The van der Waals surface area contributed by atoms with Gasteiger partial charge in [0.05, 0.1) is 7.45 Å². The largest absolute Gasteiger partial charge is 0.397 e. The number of carbonyl (C=O) groups excluding carboxylic acids is 1. The van der Waals surface area contributed by atoms with Crippen LogP contribution in [0.4, 0.5) is 0 Å². The van der Waals surface area contributed by atoms with Crippen molar-refractivity contribution in [3.8, 4) is 0 Å². The Kier molecular flexibility index (Phi) is 3.24. The number of carbonyl (C=O) groups is 1. The van der Waals surface area contributed by atoms with Gasteiger partial charge in [-0.3, -0.25) is 9.35 Å². The van der Waals surface area contributed by atoms with Crippen molar-refractivity contribution >= 4 is 16.2 Å². The Labute approximate surface area is 154 Å². The molecule has 4 aliphatic rings. The molecule has 3 fully saturated rings. The van der Waals surface area contributed by atoms with Crippen molar-refractivity contribution < 1.29 is 26.1 Å². The fraction of sp³-hybridized carbons (Fsp3) is 0.842. The maximum atomic E-state index is 11.9. The monoisotopic (exact) mass is 371 g/mol. The Morgan fingerprint density at radius 1 is 1.24 bits per heavy atom. The summed E-state index contributed by atoms with van der Waals surface area (Å²) in [7, 11) is -4.97. The van der Waals surface area contributed by atoms with Crippen LogP contribution in [0.1, 0.15) is 69.3 Å².